The molecular formula is C10H12N6O2S3. The minimum Gasteiger partial charge on any atom is -0.306 e. The molecule has 0 radical (unpaired) electrons. The first kappa shape index (κ1) is 14.3. The minimum absolute atomic E-state index is 0.0354. The summed E-state index contributed by atoms with van der Waals surface area (Å²) in [5, 5.41) is 2.03. The van der Waals surface area contributed by atoms with Crippen LogP contribution < -0.4 is 16.0 Å². The van der Waals surface area contributed by atoms with E-state index >= 15 is 0 Å². The van der Waals surface area contributed by atoms with Crippen LogP contribution in [0.25, 0.3) is 4.96 Å². The molecule has 3 rings (SSSR count). The highest BCUT2D eigenvalue weighted by atomic mass is 32.2. The number of thiazole rings is 2. The van der Waals surface area contributed by atoms with Crippen LogP contribution in [0.1, 0.15) is 10.6 Å². The summed E-state index contributed by atoms with van der Waals surface area (Å²) in [4.78, 5) is 9.80. The molecule has 0 saturated heterocycles. The average Bonchev–Trinajstić information content (AvgIpc) is 3.03. The van der Waals surface area contributed by atoms with Gasteiger partial charge in [-0.1, -0.05) is 0 Å². The summed E-state index contributed by atoms with van der Waals surface area (Å²) in [6.45, 7) is 3.71. The molecule has 0 aromatic carbocycles. The molecule has 8 nitrogen and oxygen atoms in total. The zero-order valence-electron chi connectivity index (χ0n) is 11.1. The van der Waals surface area contributed by atoms with Gasteiger partial charge < -0.3 is 5.43 Å². The van der Waals surface area contributed by atoms with Crippen molar-refractivity contribution in [2.24, 2.45) is 5.84 Å². The van der Waals surface area contributed by atoms with Crippen molar-refractivity contribution in [3.8, 4) is 0 Å². The lowest BCUT2D eigenvalue weighted by Crippen LogP contribution is -2.18. The normalized spacial score (nSPS) is 12.0. The van der Waals surface area contributed by atoms with Gasteiger partial charge in [0.1, 0.15) is 0 Å². The van der Waals surface area contributed by atoms with Gasteiger partial charge in [-0.15, -0.1) is 22.7 Å². The van der Waals surface area contributed by atoms with Crippen molar-refractivity contribution < 1.29 is 8.42 Å². The summed E-state index contributed by atoms with van der Waals surface area (Å²) in [6, 6.07) is 0. The Labute approximate surface area is 128 Å². The highest BCUT2D eigenvalue weighted by Crippen LogP contribution is 2.28. The molecule has 112 valence electrons. The van der Waals surface area contributed by atoms with E-state index < -0.39 is 10.0 Å². The maximum atomic E-state index is 12.6. The molecule has 0 aliphatic heterocycles. The molecular weight excluding hydrogens is 332 g/mol. The summed E-state index contributed by atoms with van der Waals surface area (Å²) in [7, 11) is -3.85. The Kier molecular flexibility index (Phi) is 3.36. The van der Waals surface area contributed by atoms with Crippen molar-refractivity contribution in [2.45, 2.75) is 18.9 Å². The maximum Gasteiger partial charge on any atom is 0.283 e. The van der Waals surface area contributed by atoms with Gasteiger partial charge in [0, 0.05) is 16.5 Å². The van der Waals surface area contributed by atoms with Gasteiger partial charge in [-0.05, 0) is 13.8 Å². The number of hydrogen-bond acceptors (Lipinski definition) is 8. The molecule has 0 unspecified atom stereocenters. The van der Waals surface area contributed by atoms with Crippen molar-refractivity contribution in [1.82, 2.24) is 14.4 Å². The van der Waals surface area contributed by atoms with E-state index in [4.69, 9.17) is 5.84 Å². The highest BCUT2D eigenvalue weighted by molar-refractivity contribution is 7.93. The fraction of sp³-hybridized carbons (Fsp3) is 0.200. The highest BCUT2D eigenvalue weighted by Gasteiger charge is 2.26. The molecule has 11 heteroatoms. The van der Waals surface area contributed by atoms with Crippen LogP contribution in [0.4, 0.5) is 10.9 Å². The van der Waals surface area contributed by atoms with Gasteiger partial charge in [-0.2, -0.15) is 13.4 Å². The number of nitrogens with two attached hydrogens (primary N) is 1. The van der Waals surface area contributed by atoms with Gasteiger partial charge in [0.25, 0.3) is 10.0 Å². The molecule has 4 N–H and O–H groups in total. The molecule has 0 saturated carbocycles. The number of aryl methyl sites for hydroxylation is 2. The second-order valence-corrected chi connectivity index (χ2v) is 7.91. The first-order valence-corrected chi connectivity index (χ1v) is 8.99. The Morgan fingerprint density at radius 1 is 1.33 bits per heavy atom. The van der Waals surface area contributed by atoms with E-state index in [0.29, 0.717) is 10.1 Å². The predicted octanol–water partition coefficient (Wildman–Crippen LogP) is 1.56. The minimum atomic E-state index is -3.85. The van der Waals surface area contributed by atoms with Gasteiger partial charge in [0.05, 0.1) is 5.69 Å². The Morgan fingerprint density at radius 2 is 2.10 bits per heavy atom. The van der Waals surface area contributed by atoms with Gasteiger partial charge in [0.15, 0.2) is 15.9 Å². The van der Waals surface area contributed by atoms with Crippen molar-refractivity contribution >= 4 is 48.6 Å². The van der Waals surface area contributed by atoms with E-state index in [1.54, 1.807) is 11.6 Å². The smallest absolute Gasteiger partial charge is 0.283 e. The molecule has 0 spiro atoms. The van der Waals surface area contributed by atoms with Gasteiger partial charge >= 0.3 is 0 Å². The average molecular weight is 344 g/mol. The van der Waals surface area contributed by atoms with E-state index in [1.165, 1.54) is 27.1 Å². The second kappa shape index (κ2) is 4.94. The summed E-state index contributed by atoms with van der Waals surface area (Å²) >= 11 is 2.60. The van der Waals surface area contributed by atoms with E-state index in [0.717, 1.165) is 10.6 Å². The lowest BCUT2D eigenvalue weighted by molar-refractivity contribution is 0.597. The van der Waals surface area contributed by atoms with Crippen molar-refractivity contribution in [3.05, 3.63) is 22.1 Å². The molecule has 3 aromatic rings. The number of anilines is 2. The van der Waals surface area contributed by atoms with E-state index in [9.17, 15) is 8.42 Å². The first-order chi connectivity index (χ1) is 9.92. The Morgan fingerprint density at radius 3 is 2.71 bits per heavy atom. The summed E-state index contributed by atoms with van der Waals surface area (Å²) < 4.78 is 29.1. The van der Waals surface area contributed by atoms with E-state index in [1.807, 2.05) is 13.8 Å². The van der Waals surface area contributed by atoms with Crippen molar-refractivity contribution in [2.75, 3.05) is 10.1 Å². The third kappa shape index (κ3) is 2.37. The van der Waals surface area contributed by atoms with E-state index in [-0.39, 0.29) is 10.8 Å². The third-order valence-electron chi connectivity index (χ3n) is 2.86. The topological polar surface area (TPSA) is 114 Å². The number of aromatic nitrogens is 3. The largest absolute Gasteiger partial charge is 0.306 e. The summed E-state index contributed by atoms with van der Waals surface area (Å²) in [5.74, 6) is 5.46. The van der Waals surface area contributed by atoms with Gasteiger partial charge in [-0.3, -0.25) is 9.12 Å². The first-order valence-electron chi connectivity index (χ1n) is 5.81. The van der Waals surface area contributed by atoms with Crippen LogP contribution >= 0.6 is 22.7 Å². The Balaban J connectivity index is 2.09. The molecule has 0 aliphatic carbocycles. The van der Waals surface area contributed by atoms with Crippen LogP contribution in [0.5, 0.6) is 0 Å². The number of hydrazine groups is 1. The maximum absolute atomic E-state index is 12.6. The third-order valence-corrected chi connectivity index (χ3v) is 6.10. The number of nitrogen functional groups attached to an aromatic ring is 1. The lowest BCUT2D eigenvalue weighted by Gasteiger charge is -2.06. The molecule has 0 bridgehead atoms. The van der Waals surface area contributed by atoms with E-state index in [2.05, 4.69) is 20.1 Å². The molecule has 3 aromatic heterocycles. The van der Waals surface area contributed by atoms with Crippen LogP contribution in [0, 0.1) is 13.8 Å². The number of fused-ring (bicyclic) bond motifs is 1. The number of sulfonamides is 1. The van der Waals surface area contributed by atoms with Crippen molar-refractivity contribution in [1.29, 1.82) is 0 Å². The molecule has 0 atom stereocenters. The van der Waals surface area contributed by atoms with Gasteiger partial charge in [0.2, 0.25) is 5.03 Å². The van der Waals surface area contributed by atoms with Gasteiger partial charge in [-0.25, -0.2) is 10.8 Å². The quantitative estimate of drug-likeness (QED) is 0.489. The molecule has 21 heavy (non-hydrogen) atoms. The number of hydrogen-bond donors (Lipinski definition) is 3. The van der Waals surface area contributed by atoms with Crippen molar-refractivity contribution in [3.63, 3.8) is 0 Å². The van der Waals surface area contributed by atoms with Crippen LogP contribution in [0.15, 0.2) is 16.6 Å². The van der Waals surface area contributed by atoms with Crippen LogP contribution in [0.2, 0.25) is 0 Å². The lowest BCUT2D eigenvalue weighted by atomic mass is 10.4. The number of nitrogens with one attached hydrogen (secondary N) is 2. The Bertz CT molecular complexity index is 887. The molecule has 3 heterocycles. The molecule has 0 amide bonds. The SMILES string of the molecule is Cc1nc(NS(=O)(=O)c2c(NN)nc3sccn23)sc1C. The van der Waals surface area contributed by atoms with Crippen LogP contribution in [-0.4, -0.2) is 22.8 Å². The number of nitrogens with zero attached hydrogens (tertiary/aromatic N) is 3. The zero-order chi connectivity index (χ0) is 15.2. The Hall–Kier alpha value is -1.69. The summed E-state index contributed by atoms with van der Waals surface area (Å²) in [6.07, 6.45) is 1.63. The zero-order valence-corrected chi connectivity index (χ0v) is 13.6. The number of imidazole rings is 1. The van der Waals surface area contributed by atoms with Crippen LogP contribution in [0.3, 0.4) is 0 Å². The summed E-state index contributed by atoms with van der Waals surface area (Å²) in [5.41, 5.74) is 3.11. The monoisotopic (exact) mass is 344 g/mol. The number of rotatable bonds is 4. The molecule has 0 fully saturated rings. The predicted molar refractivity (Wildman–Crippen MR) is 83.3 cm³/mol. The second-order valence-electron chi connectivity index (χ2n) is 4.23. The standard InChI is InChI=1S/C10H12N6O2S3/c1-5-6(2)20-9(12-5)15-21(17,18)8-7(14-11)13-10-16(8)3-4-19-10/h3-4,14H,11H2,1-2H3,(H,12,15). The fourth-order valence-corrected chi connectivity index (χ4v) is 4.87. The molecule has 0 aliphatic rings. The van der Waals surface area contributed by atoms with Crippen LogP contribution in [-0.2, 0) is 10.0 Å². The fourth-order valence-electron chi connectivity index (χ4n) is 1.80.